The van der Waals surface area contributed by atoms with E-state index in [4.69, 9.17) is 21.8 Å². The molecule has 0 spiro atoms. The third-order valence-electron chi connectivity index (χ3n) is 4.80. The largest absolute Gasteiger partial charge is 0.345 e. The Hall–Kier alpha value is -3.32. The van der Waals surface area contributed by atoms with Crippen LogP contribution in [0, 0.1) is 23.2 Å². The Morgan fingerprint density at radius 1 is 1.00 bits per heavy atom. The van der Waals surface area contributed by atoms with Crippen molar-refractivity contribution in [3.63, 3.8) is 0 Å². The Balaban J connectivity index is 1.35. The summed E-state index contributed by atoms with van der Waals surface area (Å²) in [4.78, 5) is 21.1. The van der Waals surface area contributed by atoms with Crippen LogP contribution in [0.5, 0.6) is 0 Å². The first-order valence-electron chi connectivity index (χ1n) is 9.40. The normalized spacial score (nSPS) is 13.3. The molecule has 0 saturated carbocycles. The van der Waals surface area contributed by atoms with Crippen molar-refractivity contribution in [3.05, 3.63) is 70.1 Å². The Morgan fingerprint density at radius 2 is 1.67 bits per heavy atom. The predicted octanol–water partition coefficient (Wildman–Crippen LogP) is 4.04. The smallest absolute Gasteiger partial charge is 0.298 e. The van der Waals surface area contributed by atoms with E-state index < -0.39 is 0 Å². The highest BCUT2D eigenvalue weighted by Crippen LogP contribution is 2.28. The van der Waals surface area contributed by atoms with Gasteiger partial charge in [-0.25, -0.2) is 4.98 Å². The molecule has 1 saturated heterocycles. The van der Waals surface area contributed by atoms with Gasteiger partial charge in [-0.1, -0.05) is 29.7 Å². The summed E-state index contributed by atoms with van der Waals surface area (Å²) in [6, 6.07) is 16.6. The topological polar surface area (TPSA) is 60.2 Å². The number of hydrogen-bond acceptors (Lipinski definition) is 5. The number of piperazine rings is 1. The van der Waals surface area contributed by atoms with Gasteiger partial charge in [0.15, 0.2) is 5.13 Å². The van der Waals surface area contributed by atoms with Gasteiger partial charge in [0.25, 0.3) is 5.91 Å². The van der Waals surface area contributed by atoms with E-state index in [-0.39, 0.29) is 5.91 Å². The van der Waals surface area contributed by atoms with Crippen LogP contribution in [-0.4, -0.2) is 42.0 Å². The van der Waals surface area contributed by atoms with E-state index in [9.17, 15) is 4.79 Å². The summed E-state index contributed by atoms with van der Waals surface area (Å²) in [6.07, 6.45) is 0. The van der Waals surface area contributed by atoms with Crippen molar-refractivity contribution in [1.82, 2.24) is 9.88 Å². The number of carbonyl (C=O) groups excluding carboxylic acids is 1. The molecule has 1 aliphatic heterocycles. The zero-order valence-electron chi connectivity index (χ0n) is 16.0. The molecule has 4 rings (SSSR count). The molecule has 1 fully saturated rings. The second-order valence-electron chi connectivity index (χ2n) is 6.74. The van der Waals surface area contributed by atoms with Gasteiger partial charge in [0, 0.05) is 53.6 Å². The molecule has 148 valence electrons. The molecule has 0 aliphatic carbocycles. The lowest BCUT2D eigenvalue weighted by molar-refractivity contribution is -0.125. The molecule has 0 atom stereocenters. The number of carbonyl (C=O) groups is 1. The van der Waals surface area contributed by atoms with Gasteiger partial charge in [-0.15, -0.1) is 11.3 Å². The van der Waals surface area contributed by atoms with Gasteiger partial charge in [0.2, 0.25) is 0 Å². The van der Waals surface area contributed by atoms with Crippen molar-refractivity contribution in [3.8, 4) is 29.2 Å². The lowest BCUT2D eigenvalue weighted by Gasteiger charge is -2.33. The van der Waals surface area contributed by atoms with Crippen LogP contribution in [-0.2, 0) is 4.79 Å². The summed E-state index contributed by atoms with van der Waals surface area (Å²) in [5.74, 6) is 5.40. The summed E-state index contributed by atoms with van der Waals surface area (Å²) in [5.41, 5.74) is 3.26. The fourth-order valence-electron chi connectivity index (χ4n) is 3.10. The van der Waals surface area contributed by atoms with Crippen molar-refractivity contribution in [2.45, 2.75) is 0 Å². The van der Waals surface area contributed by atoms with Gasteiger partial charge < -0.3 is 9.80 Å². The predicted molar refractivity (Wildman–Crippen MR) is 119 cm³/mol. The third-order valence-corrected chi connectivity index (χ3v) is 5.95. The molecule has 0 unspecified atom stereocenters. The highest BCUT2D eigenvalue weighted by molar-refractivity contribution is 7.14. The molecular formula is C23H17ClN4OS. The number of benzene rings is 2. The van der Waals surface area contributed by atoms with Crippen LogP contribution in [0.3, 0.4) is 0 Å². The lowest BCUT2D eigenvalue weighted by atomic mass is 10.1. The molecule has 2 heterocycles. The van der Waals surface area contributed by atoms with E-state index in [2.05, 4.69) is 22.8 Å². The molecule has 0 N–H and O–H groups in total. The van der Waals surface area contributed by atoms with Gasteiger partial charge in [0.1, 0.15) is 0 Å². The number of hydrogen-bond donors (Lipinski definition) is 0. The van der Waals surface area contributed by atoms with Crippen molar-refractivity contribution in [2.24, 2.45) is 0 Å². The number of thiazole rings is 1. The highest BCUT2D eigenvalue weighted by atomic mass is 35.5. The molecule has 1 aliphatic rings. The second kappa shape index (κ2) is 9.00. The van der Waals surface area contributed by atoms with Crippen molar-refractivity contribution in [2.75, 3.05) is 31.1 Å². The standard InChI is InChI=1S/C23H17ClN4OS/c24-20-8-6-19(7-9-20)21-16-30-23(26-21)28-13-11-27(12-14-28)22(29)10-5-17-1-3-18(15-25)4-2-17/h1-4,6-9,16H,11-14H2. The van der Waals surface area contributed by atoms with E-state index in [0.29, 0.717) is 23.7 Å². The zero-order chi connectivity index (χ0) is 20.9. The summed E-state index contributed by atoms with van der Waals surface area (Å²) in [6.45, 7) is 2.66. The Bertz CT molecular complexity index is 1140. The fourth-order valence-corrected chi connectivity index (χ4v) is 4.11. The van der Waals surface area contributed by atoms with Gasteiger partial charge in [-0.3, -0.25) is 4.79 Å². The van der Waals surface area contributed by atoms with Gasteiger partial charge in [-0.05, 0) is 36.4 Å². The summed E-state index contributed by atoms with van der Waals surface area (Å²) >= 11 is 7.56. The van der Waals surface area contributed by atoms with Crippen LogP contribution in [0.2, 0.25) is 5.02 Å². The average molecular weight is 433 g/mol. The maximum absolute atomic E-state index is 12.4. The van der Waals surface area contributed by atoms with Crippen LogP contribution in [0.4, 0.5) is 5.13 Å². The number of aromatic nitrogens is 1. The van der Waals surface area contributed by atoms with Crippen LogP contribution < -0.4 is 4.90 Å². The lowest BCUT2D eigenvalue weighted by Crippen LogP contribution is -2.48. The van der Waals surface area contributed by atoms with Gasteiger partial charge in [-0.2, -0.15) is 5.26 Å². The average Bonchev–Trinajstić information content (AvgIpc) is 3.29. The second-order valence-corrected chi connectivity index (χ2v) is 8.01. The summed E-state index contributed by atoms with van der Waals surface area (Å²) in [7, 11) is 0. The quantitative estimate of drug-likeness (QED) is 0.573. The first-order chi connectivity index (χ1) is 14.6. The molecule has 30 heavy (non-hydrogen) atoms. The Labute approximate surface area is 184 Å². The molecule has 5 nitrogen and oxygen atoms in total. The number of nitriles is 1. The minimum atomic E-state index is -0.181. The minimum Gasteiger partial charge on any atom is -0.345 e. The van der Waals surface area contributed by atoms with E-state index in [0.717, 1.165) is 35.0 Å². The molecule has 3 aromatic rings. The maximum atomic E-state index is 12.4. The molecule has 1 aromatic heterocycles. The van der Waals surface area contributed by atoms with E-state index in [1.807, 2.05) is 29.6 Å². The molecule has 7 heteroatoms. The van der Waals surface area contributed by atoms with Crippen LogP contribution in [0.1, 0.15) is 11.1 Å². The highest BCUT2D eigenvalue weighted by Gasteiger charge is 2.22. The zero-order valence-corrected chi connectivity index (χ0v) is 17.6. The monoisotopic (exact) mass is 432 g/mol. The number of halogens is 1. The van der Waals surface area contributed by atoms with Crippen molar-refractivity contribution >= 4 is 34.0 Å². The third kappa shape index (κ3) is 4.63. The van der Waals surface area contributed by atoms with Gasteiger partial charge >= 0.3 is 0 Å². The van der Waals surface area contributed by atoms with Gasteiger partial charge in [0.05, 0.1) is 17.3 Å². The number of rotatable bonds is 2. The number of anilines is 1. The van der Waals surface area contributed by atoms with Crippen molar-refractivity contribution < 1.29 is 4.79 Å². The van der Waals surface area contributed by atoms with E-state index in [1.165, 1.54) is 0 Å². The number of amides is 1. The molecule has 2 aromatic carbocycles. The molecule has 0 bridgehead atoms. The molecule has 0 radical (unpaired) electrons. The minimum absolute atomic E-state index is 0.181. The Morgan fingerprint density at radius 3 is 2.33 bits per heavy atom. The Kier molecular flexibility index (Phi) is 5.99. The van der Waals surface area contributed by atoms with Crippen LogP contribution >= 0.6 is 22.9 Å². The van der Waals surface area contributed by atoms with Crippen LogP contribution in [0.25, 0.3) is 11.3 Å². The fraction of sp³-hybridized carbons (Fsp3) is 0.174. The SMILES string of the molecule is N#Cc1ccc(C#CC(=O)N2CCN(c3nc(-c4ccc(Cl)cc4)cs3)CC2)cc1. The van der Waals surface area contributed by atoms with E-state index in [1.54, 1.807) is 40.5 Å². The first-order valence-corrected chi connectivity index (χ1v) is 10.7. The van der Waals surface area contributed by atoms with E-state index >= 15 is 0 Å². The summed E-state index contributed by atoms with van der Waals surface area (Å²) in [5, 5.41) is 12.5. The molecular weight excluding hydrogens is 416 g/mol. The maximum Gasteiger partial charge on any atom is 0.298 e. The molecule has 1 amide bonds. The number of nitrogens with zero attached hydrogens (tertiary/aromatic N) is 4. The first kappa shape index (κ1) is 20.0. The van der Waals surface area contributed by atoms with Crippen molar-refractivity contribution in [1.29, 1.82) is 5.26 Å². The summed E-state index contributed by atoms with van der Waals surface area (Å²) < 4.78 is 0. The van der Waals surface area contributed by atoms with Crippen LogP contribution in [0.15, 0.2) is 53.9 Å².